The summed E-state index contributed by atoms with van der Waals surface area (Å²) < 4.78 is 83.1. The number of aromatic amines is 1. The lowest BCUT2D eigenvalue weighted by Gasteiger charge is -2.37. The van der Waals surface area contributed by atoms with Crippen LogP contribution in [0.15, 0.2) is 57.7 Å². The van der Waals surface area contributed by atoms with Gasteiger partial charge in [0.25, 0.3) is 18.2 Å². The number of H-pyrrole nitrogens is 1. The van der Waals surface area contributed by atoms with Crippen LogP contribution >= 0.6 is 11.3 Å². The number of ether oxygens (including phenoxy) is 1. The van der Waals surface area contributed by atoms with E-state index in [0.717, 1.165) is 30.5 Å². The van der Waals surface area contributed by atoms with Gasteiger partial charge < -0.3 is 19.4 Å². The van der Waals surface area contributed by atoms with Crippen LogP contribution < -0.4 is 15.8 Å². The second kappa shape index (κ2) is 11.9. The first kappa shape index (κ1) is 33.0. The van der Waals surface area contributed by atoms with E-state index in [1.54, 1.807) is 18.2 Å². The second-order valence-corrected chi connectivity index (χ2v) is 15.2. The predicted molar refractivity (Wildman–Crippen MR) is 186 cm³/mol. The number of halogens is 5. The number of hydrogen-bond acceptors (Lipinski definition) is 9. The number of nitrogens with zero attached hydrogens (tertiary/aromatic N) is 4. The van der Waals surface area contributed by atoms with Crippen LogP contribution in [0.3, 0.4) is 0 Å². The van der Waals surface area contributed by atoms with Crippen molar-refractivity contribution in [1.82, 2.24) is 25.1 Å². The van der Waals surface area contributed by atoms with E-state index in [9.17, 15) is 31.5 Å². The third-order valence-electron chi connectivity index (χ3n) is 11.0. The molecule has 2 saturated heterocycles. The summed E-state index contributed by atoms with van der Waals surface area (Å²) in [6.45, 7) is 0.659. The fourth-order valence-electron chi connectivity index (χ4n) is 8.64. The second-order valence-electron chi connectivity index (χ2n) is 14.2. The Labute approximate surface area is 306 Å². The normalized spacial score (nSPS) is 20.9. The van der Waals surface area contributed by atoms with Crippen LogP contribution in [-0.2, 0) is 18.4 Å². The molecule has 16 heteroatoms. The number of rotatable bonds is 8. The summed E-state index contributed by atoms with van der Waals surface area (Å²) in [6.07, 6.45) is -0.453. The van der Waals surface area contributed by atoms with Gasteiger partial charge in [0.15, 0.2) is 11.6 Å². The van der Waals surface area contributed by atoms with Gasteiger partial charge in [-0.05, 0) is 72.9 Å². The maximum Gasteiger partial charge on any atom is 0.434 e. The Hall–Kier alpha value is -5.64. The zero-order valence-corrected chi connectivity index (χ0v) is 28.8. The van der Waals surface area contributed by atoms with Crippen molar-refractivity contribution in [2.75, 3.05) is 18.5 Å². The molecule has 11 rings (SSSR count). The highest BCUT2D eigenvalue weighted by Crippen LogP contribution is 2.63. The number of nitrogens with one attached hydrogen (secondary N) is 2. The summed E-state index contributed by atoms with van der Waals surface area (Å²) in [5.41, 5.74) is 2.02. The van der Waals surface area contributed by atoms with Gasteiger partial charge in [-0.3, -0.25) is 9.78 Å². The quantitative estimate of drug-likeness (QED) is 0.150. The van der Waals surface area contributed by atoms with Gasteiger partial charge in [0.1, 0.15) is 23.1 Å². The lowest BCUT2D eigenvalue weighted by atomic mass is 9.71. The number of hydrogen-bond donors (Lipinski definition) is 2. The molecule has 5 aliphatic rings. The van der Waals surface area contributed by atoms with E-state index < -0.39 is 41.1 Å². The number of thiophene rings is 1. The first-order valence-corrected chi connectivity index (χ1v) is 18.2. The molecule has 54 heavy (non-hydrogen) atoms. The number of carbonyl (C=O) groups is 1. The third kappa shape index (κ3) is 4.98. The van der Waals surface area contributed by atoms with Gasteiger partial charge in [-0.15, -0.1) is 16.4 Å². The fraction of sp³-hybridized carbons (Fsp3) is 0.289. The van der Waals surface area contributed by atoms with E-state index >= 15 is 0 Å². The molecule has 2 bridgehead atoms. The Balaban J connectivity index is 1.18. The molecule has 4 aromatic heterocycles. The molecule has 274 valence electrons. The summed E-state index contributed by atoms with van der Waals surface area (Å²) >= 11 is 1.17. The first-order chi connectivity index (χ1) is 26.1. The average Bonchev–Trinajstić information content (AvgIpc) is 3.95. The maximum absolute atomic E-state index is 14.7. The van der Waals surface area contributed by atoms with Crippen LogP contribution in [0.25, 0.3) is 32.0 Å². The van der Waals surface area contributed by atoms with Crippen LogP contribution in [-0.4, -0.2) is 44.1 Å². The summed E-state index contributed by atoms with van der Waals surface area (Å²) in [7, 11) is 0. The smallest absolute Gasteiger partial charge is 0.434 e. The van der Waals surface area contributed by atoms with Crippen LogP contribution in [0.2, 0.25) is 0 Å². The van der Waals surface area contributed by atoms with Crippen molar-refractivity contribution < 1.29 is 35.9 Å². The Morgan fingerprint density at radius 1 is 0.981 bits per heavy atom. The minimum absolute atomic E-state index is 0.0593. The Kier molecular flexibility index (Phi) is 7.28. The molecule has 2 aromatic carbocycles. The molecule has 1 saturated carbocycles. The van der Waals surface area contributed by atoms with Gasteiger partial charge >= 0.3 is 5.76 Å². The van der Waals surface area contributed by atoms with Crippen LogP contribution in [0, 0.1) is 23.4 Å². The van der Waals surface area contributed by atoms with Crippen molar-refractivity contribution in [3.05, 3.63) is 110 Å². The SMILES string of the molecule is O=C1c2c(nc(CCc3ccc(F)cc3)c(-c3n[nH]c(=O)o3)c2-c2cc3cc(C(F)F)nc(N[C@@H]4CCOc5c(F)cc(F)cc54)c3s2)C23CC(CN12)C3. The molecule has 1 spiro atoms. The molecule has 10 nitrogen and oxygen atoms in total. The molecular formula is C38H27F5N6O4S. The summed E-state index contributed by atoms with van der Waals surface area (Å²) in [6, 6.07) is 10.1. The van der Waals surface area contributed by atoms with Crippen molar-refractivity contribution in [3.63, 3.8) is 0 Å². The van der Waals surface area contributed by atoms with Crippen molar-refractivity contribution in [2.24, 2.45) is 5.92 Å². The molecular weight excluding hydrogens is 732 g/mol. The van der Waals surface area contributed by atoms with Gasteiger partial charge in [-0.2, -0.15) is 0 Å². The minimum atomic E-state index is -2.95. The molecule has 1 amide bonds. The van der Waals surface area contributed by atoms with Gasteiger partial charge in [0.05, 0.1) is 45.4 Å². The summed E-state index contributed by atoms with van der Waals surface area (Å²) in [4.78, 5) is 38.6. The highest BCUT2D eigenvalue weighted by Gasteiger charge is 2.65. The molecule has 6 aromatic rings. The fourth-order valence-corrected chi connectivity index (χ4v) is 9.79. The summed E-state index contributed by atoms with van der Waals surface area (Å²) in [5, 5.41) is 10.0. The molecule has 0 radical (unpaired) electrons. The lowest BCUT2D eigenvalue weighted by molar-refractivity contribution is 0.0637. The van der Waals surface area contributed by atoms with Crippen molar-refractivity contribution in [3.8, 4) is 27.6 Å². The zero-order valence-electron chi connectivity index (χ0n) is 28.0. The van der Waals surface area contributed by atoms with Crippen molar-refractivity contribution in [1.29, 1.82) is 0 Å². The van der Waals surface area contributed by atoms with E-state index in [0.29, 0.717) is 68.3 Å². The number of fused-ring (bicyclic) bond motifs is 3. The number of aryl methyl sites for hydroxylation is 2. The van der Waals surface area contributed by atoms with Gasteiger partial charge in [0.2, 0.25) is 0 Å². The summed E-state index contributed by atoms with van der Waals surface area (Å²) in [5.74, 6) is -2.95. The predicted octanol–water partition coefficient (Wildman–Crippen LogP) is 7.85. The minimum Gasteiger partial charge on any atom is -0.490 e. The molecule has 1 atom stereocenters. The number of alkyl halides is 2. The third-order valence-corrected chi connectivity index (χ3v) is 12.1. The number of aromatic nitrogens is 4. The van der Waals surface area contributed by atoms with Crippen LogP contribution in [0.5, 0.6) is 5.75 Å². The standard InChI is InChI=1S/C38H27F5N6O4S/c39-19-4-1-16(2-5-19)3-6-24-27(35-47-48-37(51)53-35)28(29-32(44-24)38-13-17(14-38)15-49(38)36(29)50)26-10-18-9-25(33(42)43)46-34(31(18)54-26)45-23-7-8-52-30-21(23)11-20(40)12-22(30)41/h1-2,4-5,9-12,17,23,33H,3,6-8,13-15H2,(H,45,46)(H,48,51)/t17?,23-,38?/m1/s1. The lowest BCUT2D eigenvalue weighted by Crippen LogP contribution is -2.40. The van der Waals surface area contributed by atoms with Crippen molar-refractivity contribution in [2.45, 2.75) is 50.1 Å². The van der Waals surface area contributed by atoms with E-state index in [1.165, 1.54) is 29.5 Å². The number of carbonyl (C=O) groups excluding carboxylic acids is 1. The molecule has 0 unspecified atom stereocenters. The highest BCUT2D eigenvalue weighted by atomic mass is 32.1. The molecule has 2 N–H and O–H groups in total. The topological polar surface area (TPSA) is 126 Å². The zero-order chi connectivity index (χ0) is 37.0. The Morgan fingerprint density at radius 2 is 1.80 bits per heavy atom. The Morgan fingerprint density at radius 3 is 2.56 bits per heavy atom. The highest BCUT2D eigenvalue weighted by molar-refractivity contribution is 7.23. The van der Waals surface area contributed by atoms with E-state index in [2.05, 4.69) is 20.5 Å². The monoisotopic (exact) mass is 758 g/mol. The number of benzene rings is 2. The molecule has 4 aliphatic heterocycles. The van der Waals surface area contributed by atoms with Crippen LogP contribution in [0.1, 0.15) is 70.3 Å². The number of pyridine rings is 2. The van der Waals surface area contributed by atoms with Gasteiger partial charge in [-0.25, -0.2) is 36.8 Å². The first-order valence-electron chi connectivity index (χ1n) is 17.4. The van der Waals surface area contributed by atoms with Gasteiger partial charge in [-0.1, -0.05) is 12.1 Å². The number of amides is 1. The molecule has 1 aliphatic carbocycles. The van der Waals surface area contributed by atoms with E-state index in [1.807, 2.05) is 4.90 Å². The van der Waals surface area contributed by atoms with Crippen molar-refractivity contribution >= 4 is 33.1 Å². The van der Waals surface area contributed by atoms with E-state index in [4.69, 9.17) is 14.1 Å². The average molecular weight is 759 g/mol. The largest absolute Gasteiger partial charge is 0.490 e. The maximum atomic E-state index is 14.7. The van der Waals surface area contributed by atoms with Crippen LogP contribution in [0.4, 0.5) is 27.8 Å². The van der Waals surface area contributed by atoms with E-state index in [-0.39, 0.29) is 47.8 Å². The number of anilines is 1. The molecule has 3 fully saturated rings. The molecule has 8 heterocycles. The van der Waals surface area contributed by atoms with Gasteiger partial charge in [0, 0.05) is 35.0 Å². The Bertz CT molecular complexity index is 2600.